The summed E-state index contributed by atoms with van der Waals surface area (Å²) in [5.41, 5.74) is -1.00. The Morgan fingerprint density at radius 3 is 2.33 bits per heavy atom. The minimum Gasteiger partial charge on any atom is -0.351 e. The number of carbonyl (C=O) groups excluding carboxylic acids is 1. The molecule has 0 radical (unpaired) electrons. The monoisotopic (exact) mass is 440 g/mol. The van der Waals surface area contributed by atoms with E-state index in [1.807, 2.05) is 0 Å². The summed E-state index contributed by atoms with van der Waals surface area (Å²) in [6, 6.07) is 10.4. The van der Waals surface area contributed by atoms with Crippen LogP contribution < -0.4 is 10.0 Å². The lowest BCUT2D eigenvalue weighted by molar-refractivity contribution is -0.137. The Balaban J connectivity index is 2.15. The summed E-state index contributed by atoms with van der Waals surface area (Å²) >= 11 is 0. The average Bonchev–Trinajstić information content (AvgIpc) is 2.70. The molecule has 0 saturated carbocycles. The first-order chi connectivity index (χ1) is 13.9. The molecule has 0 aliphatic carbocycles. The molecule has 9 heteroatoms. The highest BCUT2D eigenvalue weighted by atomic mass is 32.2. The van der Waals surface area contributed by atoms with Crippen molar-refractivity contribution < 1.29 is 26.4 Å². The third-order valence-corrected chi connectivity index (χ3v) is 5.91. The third kappa shape index (κ3) is 5.93. The van der Waals surface area contributed by atoms with Crippen molar-refractivity contribution in [3.05, 3.63) is 77.9 Å². The van der Waals surface area contributed by atoms with Crippen molar-refractivity contribution in [2.45, 2.75) is 30.3 Å². The molecule has 2 rings (SSSR count). The van der Waals surface area contributed by atoms with Gasteiger partial charge in [0.2, 0.25) is 10.0 Å². The van der Waals surface area contributed by atoms with Gasteiger partial charge in [0, 0.05) is 24.1 Å². The number of carbonyl (C=O) groups is 1. The number of benzene rings is 2. The van der Waals surface area contributed by atoms with Crippen LogP contribution in [0.15, 0.2) is 66.1 Å². The van der Waals surface area contributed by atoms with Crippen molar-refractivity contribution in [1.82, 2.24) is 10.0 Å². The molecular formula is C21H23F3N2O3S. The van der Waals surface area contributed by atoms with Gasteiger partial charge >= 0.3 is 6.18 Å². The Morgan fingerprint density at radius 2 is 1.70 bits per heavy atom. The van der Waals surface area contributed by atoms with Crippen LogP contribution in [0.5, 0.6) is 0 Å². The minimum atomic E-state index is -4.46. The molecule has 2 N–H and O–H groups in total. The fourth-order valence-electron chi connectivity index (χ4n) is 2.68. The summed E-state index contributed by atoms with van der Waals surface area (Å²) in [6.45, 7) is 6.96. The van der Waals surface area contributed by atoms with Gasteiger partial charge in [-0.05, 0) is 29.8 Å². The first kappa shape index (κ1) is 23.6. The lowest BCUT2D eigenvalue weighted by atomic mass is 9.83. The number of halogens is 3. The first-order valence-corrected chi connectivity index (χ1v) is 10.5. The van der Waals surface area contributed by atoms with Crippen molar-refractivity contribution in [3.63, 3.8) is 0 Å². The van der Waals surface area contributed by atoms with E-state index in [2.05, 4.69) is 16.6 Å². The number of rotatable bonds is 8. The van der Waals surface area contributed by atoms with E-state index in [1.165, 1.54) is 36.4 Å². The summed E-state index contributed by atoms with van der Waals surface area (Å²) in [6.07, 6.45) is -3.06. The van der Waals surface area contributed by atoms with Crippen LogP contribution in [0.1, 0.15) is 35.3 Å². The second kappa shape index (κ2) is 9.01. The fraction of sp³-hybridized carbons (Fsp3) is 0.286. The Kier molecular flexibility index (Phi) is 7.10. The smallest absolute Gasteiger partial charge is 0.351 e. The summed E-state index contributed by atoms with van der Waals surface area (Å²) in [5, 5.41) is 2.67. The van der Waals surface area contributed by atoms with Gasteiger partial charge in [0.1, 0.15) is 0 Å². The summed E-state index contributed by atoms with van der Waals surface area (Å²) in [4.78, 5) is 12.4. The molecule has 0 aromatic heterocycles. The molecule has 5 nitrogen and oxygen atoms in total. The van der Waals surface area contributed by atoms with E-state index in [4.69, 9.17) is 0 Å². The third-order valence-electron chi connectivity index (χ3n) is 4.49. The van der Waals surface area contributed by atoms with Gasteiger partial charge in [-0.15, -0.1) is 6.58 Å². The first-order valence-electron chi connectivity index (χ1n) is 9.03. The lowest BCUT2D eigenvalue weighted by Gasteiger charge is -2.26. The summed E-state index contributed by atoms with van der Waals surface area (Å²) in [7, 11) is -3.79. The quantitative estimate of drug-likeness (QED) is 0.612. The number of alkyl halides is 3. The number of nitrogens with one attached hydrogen (secondary N) is 2. The van der Waals surface area contributed by atoms with Gasteiger partial charge in [0.05, 0.1) is 10.5 Å². The SMILES string of the molecule is C=CCNS(=O)(=O)c1cccc(C(=O)NCC(C)(C)c2cccc(C(F)(F)F)c2)c1. The average molecular weight is 440 g/mol. The Bertz CT molecular complexity index is 1030. The molecule has 162 valence electrons. The zero-order chi connectivity index (χ0) is 22.6. The van der Waals surface area contributed by atoms with E-state index in [0.29, 0.717) is 5.56 Å². The van der Waals surface area contributed by atoms with Crippen molar-refractivity contribution in [2.75, 3.05) is 13.1 Å². The standard InChI is InChI=1S/C21H23F3N2O3S/c1-4-11-26-30(28,29)18-10-5-7-15(12-18)19(27)25-14-20(2,3)16-8-6-9-17(13-16)21(22,23)24/h4-10,12-13,26H,1,11,14H2,2-3H3,(H,25,27). The van der Waals surface area contributed by atoms with Gasteiger partial charge in [0.25, 0.3) is 5.91 Å². The maximum atomic E-state index is 13.0. The fourth-order valence-corrected chi connectivity index (χ4v) is 3.72. The van der Waals surface area contributed by atoms with Gasteiger partial charge in [-0.3, -0.25) is 4.79 Å². The molecule has 0 unspecified atom stereocenters. The van der Waals surface area contributed by atoms with E-state index in [0.717, 1.165) is 12.1 Å². The largest absolute Gasteiger partial charge is 0.416 e. The van der Waals surface area contributed by atoms with Gasteiger partial charge < -0.3 is 5.32 Å². The van der Waals surface area contributed by atoms with Crippen molar-refractivity contribution >= 4 is 15.9 Å². The Labute approximate surface area is 174 Å². The highest BCUT2D eigenvalue weighted by Crippen LogP contribution is 2.32. The molecule has 0 aliphatic rings. The molecule has 0 spiro atoms. The molecule has 0 atom stereocenters. The molecule has 2 aromatic carbocycles. The molecule has 30 heavy (non-hydrogen) atoms. The lowest BCUT2D eigenvalue weighted by Crippen LogP contribution is -2.37. The molecular weight excluding hydrogens is 417 g/mol. The molecule has 0 bridgehead atoms. The van der Waals surface area contributed by atoms with Crippen LogP contribution in [-0.4, -0.2) is 27.4 Å². The van der Waals surface area contributed by atoms with Crippen LogP contribution in [0.25, 0.3) is 0 Å². The Hall–Kier alpha value is -2.65. The molecule has 1 amide bonds. The van der Waals surface area contributed by atoms with E-state index >= 15 is 0 Å². The van der Waals surface area contributed by atoms with Crippen molar-refractivity contribution in [1.29, 1.82) is 0 Å². The zero-order valence-electron chi connectivity index (χ0n) is 16.6. The van der Waals surface area contributed by atoms with Crippen LogP contribution in [0.4, 0.5) is 13.2 Å². The van der Waals surface area contributed by atoms with Crippen LogP contribution in [0.2, 0.25) is 0 Å². The van der Waals surface area contributed by atoms with Crippen LogP contribution in [-0.2, 0) is 21.6 Å². The molecule has 0 fully saturated rings. The molecule has 0 heterocycles. The highest BCUT2D eigenvalue weighted by molar-refractivity contribution is 7.89. The second-order valence-electron chi connectivity index (χ2n) is 7.31. The van der Waals surface area contributed by atoms with E-state index in [-0.39, 0.29) is 23.5 Å². The second-order valence-corrected chi connectivity index (χ2v) is 9.08. The van der Waals surface area contributed by atoms with Gasteiger partial charge in [-0.25, -0.2) is 13.1 Å². The summed E-state index contributed by atoms with van der Waals surface area (Å²) in [5.74, 6) is -0.532. The maximum Gasteiger partial charge on any atom is 0.416 e. The Morgan fingerprint density at radius 1 is 1.07 bits per heavy atom. The van der Waals surface area contributed by atoms with Crippen LogP contribution >= 0.6 is 0 Å². The minimum absolute atomic E-state index is 0.0456. The van der Waals surface area contributed by atoms with Gasteiger partial charge in [-0.1, -0.05) is 44.2 Å². The predicted molar refractivity (Wildman–Crippen MR) is 109 cm³/mol. The molecule has 2 aromatic rings. The number of hydrogen-bond acceptors (Lipinski definition) is 3. The number of hydrogen-bond donors (Lipinski definition) is 2. The van der Waals surface area contributed by atoms with Crippen molar-refractivity contribution in [2.24, 2.45) is 0 Å². The van der Waals surface area contributed by atoms with Gasteiger partial charge in [-0.2, -0.15) is 13.2 Å². The number of amides is 1. The van der Waals surface area contributed by atoms with E-state index in [9.17, 15) is 26.4 Å². The predicted octanol–water partition coefficient (Wildman–Crippen LogP) is 3.88. The zero-order valence-corrected chi connectivity index (χ0v) is 17.4. The topological polar surface area (TPSA) is 75.3 Å². The molecule has 0 aliphatic heterocycles. The van der Waals surface area contributed by atoms with Gasteiger partial charge in [0.15, 0.2) is 0 Å². The maximum absolute atomic E-state index is 13.0. The van der Waals surface area contributed by atoms with Crippen LogP contribution in [0, 0.1) is 0 Å². The van der Waals surface area contributed by atoms with Crippen molar-refractivity contribution in [3.8, 4) is 0 Å². The highest BCUT2D eigenvalue weighted by Gasteiger charge is 2.32. The number of sulfonamides is 1. The summed E-state index contributed by atoms with van der Waals surface area (Å²) < 4.78 is 65.6. The van der Waals surface area contributed by atoms with E-state index in [1.54, 1.807) is 19.9 Å². The molecule has 0 saturated heterocycles. The normalized spacial score (nSPS) is 12.4. The van der Waals surface area contributed by atoms with E-state index < -0.39 is 33.1 Å². The van der Waals surface area contributed by atoms with Crippen LogP contribution in [0.3, 0.4) is 0 Å².